The van der Waals surface area contributed by atoms with Gasteiger partial charge in [0, 0.05) is 20.2 Å². The monoisotopic (exact) mass is 280 g/mol. The zero-order valence-corrected chi connectivity index (χ0v) is 12.7. The lowest BCUT2D eigenvalue weighted by Gasteiger charge is -2.28. The van der Waals surface area contributed by atoms with E-state index in [2.05, 4.69) is 18.7 Å². The largest absolute Gasteiger partial charge is 0.465 e. The maximum absolute atomic E-state index is 11.7. The highest BCUT2D eigenvalue weighted by molar-refractivity contribution is 5.98. The Morgan fingerprint density at radius 1 is 1.35 bits per heavy atom. The Hall–Kier alpha value is -1.75. The molecule has 0 aromatic heterocycles. The summed E-state index contributed by atoms with van der Waals surface area (Å²) in [7, 11) is 3.02. The zero-order valence-electron chi connectivity index (χ0n) is 12.7. The standard InChI is InChI=1S/C15H24N2O3/c1-11(2)10-17(8-9-19-3)13-7-5-6-12(14(13)16)15(18)20-4/h5-7,11H,8-10,16H2,1-4H3. The van der Waals surface area contributed by atoms with Crippen molar-refractivity contribution in [3.05, 3.63) is 23.8 Å². The Balaban J connectivity index is 3.09. The fraction of sp³-hybridized carbons (Fsp3) is 0.533. The number of nitrogens with zero attached hydrogens (tertiary/aromatic N) is 1. The molecule has 0 aliphatic carbocycles. The number of benzene rings is 1. The van der Waals surface area contributed by atoms with Crippen molar-refractivity contribution >= 4 is 17.3 Å². The molecule has 0 amide bonds. The molecule has 1 rings (SSSR count). The van der Waals surface area contributed by atoms with Crippen LogP contribution in [-0.2, 0) is 9.47 Å². The normalized spacial score (nSPS) is 10.7. The summed E-state index contributed by atoms with van der Waals surface area (Å²) in [6, 6.07) is 5.41. The van der Waals surface area contributed by atoms with Crippen molar-refractivity contribution in [1.29, 1.82) is 0 Å². The van der Waals surface area contributed by atoms with Gasteiger partial charge in [0.05, 0.1) is 30.7 Å². The summed E-state index contributed by atoms with van der Waals surface area (Å²) in [6.45, 7) is 6.45. The Labute approximate surface area is 120 Å². The van der Waals surface area contributed by atoms with Crippen LogP contribution >= 0.6 is 0 Å². The zero-order chi connectivity index (χ0) is 15.1. The molecule has 2 N–H and O–H groups in total. The van der Waals surface area contributed by atoms with Crippen molar-refractivity contribution in [2.24, 2.45) is 5.92 Å². The summed E-state index contributed by atoms with van der Waals surface area (Å²) in [5.74, 6) is 0.0635. The van der Waals surface area contributed by atoms with Gasteiger partial charge >= 0.3 is 5.97 Å². The minimum absolute atomic E-state index is 0.399. The van der Waals surface area contributed by atoms with Crippen LogP contribution < -0.4 is 10.6 Å². The average Bonchev–Trinajstić information content (AvgIpc) is 2.42. The first-order chi connectivity index (χ1) is 9.51. The molecule has 0 fully saturated rings. The van der Waals surface area contributed by atoms with Crippen LogP contribution in [0.15, 0.2) is 18.2 Å². The second-order valence-electron chi connectivity index (χ2n) is 5.06. The highest BCUT2D eigenvalue weighted by atomic mass is 16.5. The van der Waals surface area contributed by atoms with Crippen LogP contribution in [0.2, 0.25) is 0 Å². The molecular formula is C15H24N2O3. The SMILES string of the molecule is COCCN(CC(C)C)c1cccc(C(=O)OC)c1N. The molecule has 0 aliphatic rings. The van der Waals surface area contributed by atoms with Crippen LogP contribution in [0.4, 0.5) is 11.4 Å². The third-order valence-corrected chi connectivity index (χ3v) is 2.98. The molecule has 0 spiro atoms. The summed E-state index contributed by atoms with van der Waals surface area (Å²) in [5, 5.41) is 0. The third-order valence-electron chi connectivity index (χ3n) is 2.98. The van der Waals surface area contributed by atoms with E-state index >= 15 is 0 Å². The minimum atomic E-state index is -0.416. The number of hydrogen-bond acceptors (Lipinski definition) is 5. The van der Waals surface area contributed by atoms with E-state index in [-0.39, 0.29) is 0 Å². The van der Waals surface area contributed by atoms with Crippen LogP contribution in [0.1, 0.15) is 24.2 Å². The van der Waals surface area contributed by atoms with E-state index in [9.17, 15) is 4.79 Å². The molecule has 0 bridgehead atoms. The first kappa shape index (κ1) is 16.3. The van der Waals surface area contributed by atoms with E-state index in [4.69, 9.17) is 15.2 Å². The van der Waals surface area contributed by atoms with Crippen LogP contribution in [0.5, 0.6) is 0 Å². The first-order valence-electron chi connectivity index (χ1n) is 6.72. The van der Waals surface area contributed by atoms with Gasteiger partial charge in [-0.25, -0.2) is 4.79 Å². The molecule has 0 atom stereocenters. The van der Waals surface area contributed by atoms with E-state index in [1.807, 2.05) is 12.1 Å². The van der Waals surface area contributed by atoms with E-state index < -0.39 is 5.97 Å². The summed E-state index contributed by atoms with van der Waals surface area (Å²) >= 11 is 0. The smallest absolute Gasteiger partial charge is 0.340 e. The maximum atomic E-state index is 11.7. The minimum Gasteiger partial charge on any atom is -0.465 e. The Kier molecular flexibility index (Phi) is 6.31. The van der Waals surface area contributed by atoms with Gasteiger partial charge in [0.1, 0.15) is 0 Å². The van der Waals surface area contributed by atoms with Crippen LogP contribution in [-0.4, -0.2) is 39.9 Å². The summed E-state index contributed by atoms with van der Waals surface area (Å²) in [4.78, 5) is 13.8. The van der Waals surface area contributed by atoms with Crippen molar-refractivity contribution in [2.45, 2.75) is 13.8 Å². The van der Waals surface area contributed by atoms with E-state index in [0.29, 0.717) is 23.8 Å². The van der Waals surface area contributed by atoms with Crippen LogP contribution in [0, 0.1) is 5.92 Å². The molecule has 5 nitrogen and oxygen atoms in total. The molecule has 0 radical (unpaired) electrons. The van der Waals surface area contributed by atoms with Crippen LogP contribution in [0.25, 0.3) is 0 Å². The van der Waals surface area contributed by atoms with Crippen molar-refractivity contribution in [3.8, 4) is 0 Å². The van der Waals surface area contributed by atoms with Gasteiger partial charge in [0.15, 0.2) is 0 Å². The molecule has 0 unspecified atom stereocenters. The number of para-hydroxylation sites is 1. The second kappa shape index (κ2) is 7.75. The lowest BCUT2D eigenvalue weighted by molar-refractivity contribution is 0.0602. The van der Waals surface area contributed by atoms with Crippen molar-refractivity contribution in [2.75, 3.05) is 44.5 Å². The van der Waals surface area contributed by atoms with E-state index in [1.165, 1.54) is 7.11 Å². The summed E-state index contributed by atoms with van der Waals surface area (Å²) < 4.78 is 9.89. The van der Waals surface area contributed by atoms with Gasteiger partial charge in [-0.05, 0) is 18.1 Å². The Morgan fingerprint density at radius 2 is 2.05 bits per heavy atom. The lowest BCUT2D eigenvalue weighted by atomic mass is 10.1. The number of nitrogens with two attached hydrogens (primary N) is 1. The van der Waals surface area contributed by atoms with Gasteiger partial charge in [-0.15, -0.1) is 0 Å². The fourth-order valence-electron chi connectivity index (χ4n) is 2.07. The molecule has 112 valence electrons. The molecule has 1 aromatic carbocycles. The predicted octanol–water partition coefficient (Wildman–Crippen LogP) is 2.16. The average molecular weight is 280 g/mol. The second-order valence-corrected chi connectivity index (χ2v) is 5.06. The molecule has 1 aromatic rings. The van der Waals surface area contributed by atoms with Gasteiger partial charge in [-0.2, -0.15) is 0 Å². The first-order valence-corrected chi connectivity index (χ1v) is 6.72. The number of anilines is 2. The Morgan fingerprint density at radius 3 is 2.60 bits per heavy atom. The number of esters is 1. The van der Waals surface area contributed by atoms with Gasteiger partial charge in [0.2, 0.25) is 0 Å². The molecule has 0 heterocycles. The molecular weight excluding hydrogens is 256 g/mol. The number of ether oxygens (including phenoxy) is 2. The van der Waals surface area contributed by atoms with Crippen molar-refractivity contribution in [3.63, 3.8) is 0 Å². The van der Waals surface area contributed by atoms with E-state index in [1.54, 1.807) is 13.2 Å². The van der Waals surface area contributed by atoms with Crippen LogP contribution in [0.3, 0.4) is 0 Å². The molecule has 5 heteroatoms. The highest BCUT2D eigenvalue weighted by Crippen LogP contribution is 2.27. The number of nitrogen functional groups attached to an aromatic ring is 1. The van der Waals surface area contributed by atoms with Gasteiger partial charge < -0.3 is 20.1 Å². The maximum Gasteiger partial charge on any atom is 0.340 e. The molecule has 0 saturated heterocycles. The van der Waals surface area contributed by atoms with Gasteiger partial charge in [-0.1, -0.05) is 19.9 Å². The molecule has 0 saturated carbocycles. The van der Waals surface area contributed by atoms with Crippen molar-refractivity contribution < 1.29 is 14.3 Å². The number of hydrogen-bond donors (Lipinski definition) is 1. The quantitative estimate of drug-likeness (QED) is 0.612. The van der Waals surface area contributed by atoms with E-state index in [0.717, 1.165) is 18.8 Å². The van der Waals surface area contributed by atoms with Gasteiger partial charge in [0.25, 0.3) is 0 Å². The Bertz CT molecular complexity index is 447. The number of methoxy groups -OCH3 is 2. The number of carbonyl (C=O) groups excluding carboxylic acids is 1. The highest BCUT2D eigenvalue weighted by Gasteiger charge is 2.17. The lowest BCUT2D eigenvalue weighted by Crippen LogP contribution is -2.32. The number of carbonyl (C=O) groups is 1. The predicted molar refractivity (Wildman–Crippen MR) is 81.1 cm³/mol. The van der Waals surface area contributed by atoms with Crippen molar-refractivity contribution in [1.82, 2.24) is 0 Å². The summed E-state index contributed by atoms with van der Waals surface area (Å²) in [6.07, 6.45) is 0. The topological polar surface area (TPSA) is 64.8 Å². The van der Waals surface area contributed by atoms with Gasteiger partial charge in [-0.3, -0.25) is 0 Å². The summed E-state index contributed by atoms with van der Waals surface area (Å²) in [5.41, 5.74) is 7.82. The number of rotatable bonds is 7. The fourth-order valence-corrected chi connectivity index (χ4v) is 2.07. The third kappa shape index (κ3) is 4.13. The molecule has 0 aliphatic heterocycles. The molecule has 20 heavy (non-hydrogen) atoms.